The first-order chi connectivity index (χ1) is 13.7. The fourth-order valence-corrected chi connectivity index (χ4v) is 6.58. The summed E-state index contributed by atoms with van der Waals surface area (Å²) < 4.78 is 6.68. The lowest BCUT2D eigenvalue weighted by molar-refractivity contribution is 0.0709. The van der Waals surface area contributed by atoms with E-state index in [4.69, 9.17) is 4.74 Å². The van der Waals surface area contributed by atoms with Crippen molar-refractivity contribution in [1.29, 1.82) is 0 Å². The van der Waals surface area contributed by atoms with Gasteiger partial charge in [0.25, 0.3) is 5.91 Å². The van der Waals surface area contributed by atoms with Crippen LogP contribution < -0.4 is 9.64 Å². The van der Waals surface area contributed by atoms with Gasteiger partial charge in [-0.25, -0.2) is 0 Å². The normalized spacial score (nSPS) is 19.2. The number of para-hydroxylation sites is 2. The summed E-state index contributed by atoms with van der Waals surface area (Å²) in [5, 5.41) is 0. The van der Waals surface area contributed by atoms with Crippen molar-refractivity contribution in [3.63, 3.8) is 0 Å². The fourth-order valence-electron chi connectivity index (χ4n) is 3.72. The van der Waals surface area contributed by atoms with Crippen LogP contribution in [0.4, 0.5) is 5.69 Å². The second-order valence-electron chi connectivity index (χ2n) is 7.13. The zero-order valence-electron chi connectivity index (χ0n) is 16.3. The predicted octanol–water partition coefficient (Wildman–Crippen LogP) is 4.52. The van der Waals surface area contributed by atoms with Gasteiger partial charge in [0.1, 0.15) is 11.9 Å². The van der Waals surface area contributed by atoms with Gasteiger partial charge in [0, 0.05) is 30.7 Å². The number of thioether (sulfide) groups is 2. The number of likely N-dealkylation sites (N-methyl/N-ethyl adjacent to an activating group) is 2. The number of hydrogen-bond acceptors (Lipinski definition) is 5. The molecule has 2 aliphatic rings. The molecule has 1 saturated heterocycles. The number of anilines is 1. The number of rotatable bonds is 5. The van der Waals surface area contributed by atoms with Crippen molar-refractivity contribution in [3.05, 3.63) is 59.7 Å². The van der Waals surface area contributed by atoms with Crippen LogP contribution in [-0.2, 0) is 0 Å². The Morgan fingerprint density at radius 2 is 1.86 bits per heavy atom. The van der Waals surface area contributed by atoms with Crippen LogP contribution in [0.1, 0.15) is 27.4 Å². The molecule has 0 N–H and O–H groups in total. The van der Waals surface area contributed by atoms with E-state index < -0.39 is 0 Å². The minimum Gasteiger partial charge on any atom is -0.485 e. The molecule has 2 aromatic rings. The third kappa shape index (κ3) is 4.13. The zero-order valence-corrected chi connectivity index (χ0v) is 18.0. The number of benzene rings is 2. The molecule has 1 fully saturated rings. The molecule has 0 unspecified atom stereocenters. The molecule has 4 nitrogen and oxygen atoms in total. The molecule has 6 heteroatoms. The van der Waals surface area contributed by atoms with Gasteiger partial charge >= 0.3 is 0 Å². The van der Waals surface area contributed by atoms with Gasteiger partial charge in [-0.3, -0.25) is 4.79 Å². The topological polar surface area (TPSA) is 32.8 Å². The highest BCUT2D eigenvalue weighted by Gasteiger charge is 2.27. The molecule has 0 spiro atoms. The molecular formula is C22H26N2O2S2. The van der Waals surface area contributed by atoms with Crippen LogP contribution in [0, 0.1) is 0 Å². The third-order valence-corrected chi connectivity index (χ3v) is 8.29. The molecule has 0 aliphatic carbocycles. The van der Waals surface area contributed by atoms with Gasteiger partial charge in [-0.05, 0) is 36.8 Å². The number of ether oxygens (including phenoxy) is 1. The molecule has 4 rings (SSSR count). The Balaban J connectivity index is 1.40. The van der Waals surface area contributed by atoms with Crippen LogP contribution in [0.25, 0.3) is 0 Å². The Kier molecular flexibility index (Phi) is 6.07. The van der Waals surface area contributed by atoms with Crippen molar-refractivity contribution < 1.29 is 9.53 Å². The molecular weight excluding hydrogens is 388 g/mol. The SMILES string of the molecule is CCN1C[C@H](CN(C)C(=O)c2ccc(C3SCCS3)cc2)Oc2ccccc21. The van der Waals surface area contributed by atoms with Crippen molar-refractivity contribution in [2.75, 3.05) is 43.1 Å². The van der Waals surface area contributed by atoms with E-state index in [-0.39, 0.29) is 12.0 Å². The van der Waals surface area contributed by atoms with E-state index in [0.29, 0.717) is 11.1 Å². The molecule has 2 aromatic carbocycles. The molecule has 1 amide bonds. The maximum atomic E-state index is 12.9. The minimum atomic E-state index is -0.0330. The van der Waals surface area contributed by atoms with Gasteiger partial charge in [0.05, 0.1) is 23.4 Å². The monoisotopic (exact) mass is 414 g/mol. The molecule has 0 radical (unpaired) electrons. The highest BCUT2D eigenvalue weighted by Crippen LogP contribution is 2.45. The maximum absolute atomic E-state index is 12.9. The van der Waals surface area contributed by atoms with E-state index in [1.54, 1.807) is 4.90 Å². The van der Waals surface area contributed by atoms with Gasteiger partial charge < -0.3 is 14.5 Å². The van der Waals surface area contributed by atoms with E-state index >= 15 is 0 Å². The van der Waals surface area contributed by atoms with Crippen LogP contribution in [0.5, 0.6) is 5.75 Å². The summed E-state index contributed by atoms with van der Waals surface area (Å²) in [5.41, 5.74) is 3.17. The van der Waals surface area contributed by atoms with E-state index in [2.05, 4.69) is 30.0 Å². The predicted molar refractivity (Wildman–Crippen MR) is 120 cm³/mol. The van der Waals surface area contributed by atoms with Crippen molar-refractivity contribution in [1.82, 2.24) is 4.90 Å². The van der Waals surface area contributed by atoms with E-state index in [1.807, 2.05) is 60.9 Å². The Morgan fingerprint density at radius 1 is 1.14 bits per heavy atom. The Morgan fingerprint density at radius 3 is 2.57 bits per heavy atom. The maximum Gasteiger partial charge on any atom is 0.253 e. The number of amides is 1. The Hall–Kier alpha value is -1.79. The van der Waals surface area contributed by atoms with E-state index in [9.17, 15) is 4.79 Å². The average molecular weight is 415 g/mol. The first-order valence-electron chi connectivity index (χ1n) is 9.75. The van der Waals surface area contributed by atoms with Gasteiger partial charge in [-0.1, -0.05) is 24.3 Å². The van der Waals surface area contributed by atoms with E-state index in [0.717, 1.165) is 30.1 Å². The largest absolute Gasteiger partial charge is 0.485 e. The highest BCUT2D eigenvalue weighted by molar-refractivity contribution is 8.19. The molecule has 2 heterocycles. The fraction of sp³-hybridized carbons (Fsp3) is 0.409. The summed E-state index contributed by atoms with van der Waals surface area (Å²) in [6.45, 7) is 4.43. The molecule has 148 valence electrons. The standard InChI is InChI=1S/C22H26N2O2S2/c1-3-24-15-18(26-20-7-5-4-6-19(20)24)14-23(2)21(25)16-8-10-17(11-9-16)22-27-12-13-28-22/h4-11,18,22H,3,12-15H2,1-2H3/t18-/m0/s1. The van der Waals surface area contributed by atoms with Crippen molar-refractivity contribution in [3.8, 4) is 5.75 Å². The molecule has 2 aliphatic heterocycles. The Labute approximate surface area is 175 Å². The summed E-state index contributed by atoms with van der Waals surface area (Å²) in [6, 6.07) is 16.2. The second kappa shape index (κ2) is 8.70. The zero-order chi connectivity index (χ0) is 19.5. The quantitative estimate of drug-likeness (QED) is 0.718. The van der Waals surface area contributed by atoms with Crippen LogP contribution in [0.3, 0.4) is 0 Å². The smallest absolute Gasteiger partial charge is 0.253 e. The lowest BCUT2D eigenvalue weighted by atomic mass is 10.1. The summed E-state index contributed by atoms with van der Waals surface area (Å²) in [5.74, 6) is 3.36. The molecule has 1 atom stereocenters. The van der Waals surface area contributed by atoms with Gasteiger partial charge in [0.2, 0.25) is 0 Å². The van der Waals surface area contributed by atoms with E-state index in [1.165, 1.54) is 17.1 Å². The lowest BCUT2D eigenvalue weighted by Crippen LogP contribution is -2.46. The van der Waals surface area contributed by atoms with Crippen LogP contribution in [-0.4, -0.2) is 55.1 Å². The average Bonchev–Trinajstić information content (AvgIpc) is 3.27. The van der Waals surface area contributed by atoms with Gasteiger partial charge in [-0.15, -0.1) is 23.5 Å². The lowest BCUT2D eigenvalue weighted by Gasteiger charge is -2.37. The Bertz CT molecular complexity index is 822. The molecule has 0 aromatic heterocycles. The third-order valence-electron chi connectivity index (χ3n) is 5.18. The summed E-state index contributed by atoms with van der Waals surface area (Å²) >= 11 is 3.96. The first kappa shape index (κ1) is 19.5. The number of carbonyl (C=O) groups is 1. The molecule has 0 bridgehead atoms. The number of fused-ring (bicyclic) bond motifs is 1. The summed E-state index contributed by atoms with van der Waals surface area (Å²) in [7, 11) is 1.86. The molecule has 0 saturated carbocycles. The summed E-state index contributed by atoms with van der Waals surface area (Å²) in [6.07, 6.45) is -0.0330. The molecule has 28 heavy (non-hydrogen) atoms. The number of hydrogen-bond donors (Lipinski definition) is 0. The number of carbonyl (C=O) groups excluding carboxylic acids is 1. The second-order valence-corrected chi connectivity index (χ2v) is 9.85. The van der Waals surface area contributed by atoms with Gasteiger partial charge in [-0.2, -0.15) is 0 Å². The van der Waals surface area contributed by atoms with Crippen LogP contribution in [0.15, 0.2) is 48.5 Å². The van der Waals surface area contributed by atoms with Crippen LogP contribution in [0.2, 0.25) is 0 Å². The first-order valence-corrected chi connectivity index (χ1v) is 11.8. The van der Waals surface area contributed by atoms with Crippen molar-refractivity contribution in [2.24, 2.45) is 0 Å². The number of nitrogens with zero attached hydrogens (tertiary/aromatic N) is 2. The van der Waals surface area contributed by atoms with Crippen molar-refractivity contribution in [2.45, 2.75) is 17.6 Å². The highest BCUT2D eigenvalue weighted by atomic mass is 32.2. The van der Waals surface area contributed by atoms with Crippen LogP contribution >= 0.6 is 23.5 Å². The summed E-state index contributed by atoms with van der Waals surface area (Å²) in [4.78, 5) is 17.0. The minimum absolute atomic E-state index is 0.0330. The van der Waals surface area contributed by atoms with Gasteiger partial charge in [0.15, 0.2) is 0 Å². The van der Waals surface area contributed by atoms with Crippen molar-refractivity contribution >= 4 is 35.1 Å².